The molecule has 32 heavy (non-hydrogen) atoms. The van der Waals surface area contributed by atoms with Crippen LogP contribution in [0.4, 0.5) is 13.2 Å². The average Bonchev–Trinajstić information content (AvgIpc) is 2.80. The molecule has 0 aliphatic carbocycles. The van der Waals surface area contributed by atoms with Gasteiger partial charge in [-0.05, 0) is 29.3 Å². The van der Waals surface area contributed by atoms with E-state index in [0.717, 1.165) is 28.8 Å². The van der Waals surface area contributed by atoms with Crippen LogP contribution in [0.25, 0.3) is 11.1 Å². The van der Waals surface area contributed by atoms with Crippen molar-refractivity contribution >= 4 is 10.4 Å². The zero-order valence-corrected chi connectivity index (χ0v) is 18.0. The van der Waals surface area contributed by atoms with Crippen LogP contribution in [0.3, 0.4) is 0 Å². The van der Waals surface area contributed by atoms with Crippen molar-refractivity contribution < 1.29 is 21.9 Å². The molecule has 1 fully saturated rings. The van der Waals surface area contributed by atoms with Gasteiger partial charge in [0.25, 0.3) is 0 Å². The molecule has 1 unspecified atom stereocenters. The Morgan fingerprint density at radius 1 is 0.969 bits per heavy atom. The summed E-state index contributed by atoms with van der Waals surface area (Å²) in [6.07, 6.45) is -1.07. The van der Waals surface area contributed by atoms with Crippen LogP contribution in [0.2, 0.25) is 0 Å². The molecular weight excluding hydrogens is 439 g/mol. The molecule has 5 nitrogen and oxygen atoms in total. The van der Waals surface area contributed by atoms with Gasteiger partial charge in [-0.15, -0.1) is 4.31 Å². The first-order valence-corrected chi connectivity index (χ1v) is 11.6. The number of pyridine rings is 1. The number of nitrogens with zero attached hydrogens (tertiary/aromatic N) is 3. The lowest BCUT2D eigenvalue weighted by Crippen LogP contribution is -2.50. The summed E-state index contributed by atoms with van der Waals surface area (Å²) >= 11 is 0. The standard InChI is InChI=1S/C23H22F3N3O2S/c24-23(25,26)20-7-3-8-21(15-20)32(30,31)29-13-11-28(12-14-29)17-19-5-1-2-9-22(19)18-6-4-10-27-16-18/h1-10,15-16H,11-14,17H2. The Balaban J connectivity index is 1.45. The number of rotatable bonds is 5. The van der Waals surface area contributed by atoms with Gasteiger partial charge in [0.2, 0.25) is 0 Å². The van der Waals surface area contributed by atoms with E-state index in [2.05, 4.69) is 9.88 Å². The molecule has 1 aliphatic rings. The van der Waals surface area contributed by atoms with Gasteiger partial charge in [0.15, 0.2) is 15.3 Å². The lowest BCUT2D eigenvalue weighted by Gasteiger charge is -2.36. The van der Waals surface area contributed by atoms with Gasteiger partial charge in [0, 0.05) is 43.7 Å². The first-order valence-electron chi connectivity index (χ1n) is 10.1. The number of alkyl halides is 3. The van der Waals surface area contributed by atoms with Crippen molar-refractivity contribution in [3.05, 3.63) is 84.2 Å². The molecule has 2 aromatic carbocycles. The summed E-state index contributed by atoms with van der Waals surface area (Å²) in [6.45, 7) is 2.04. The lowest BCUT2D eigenvalue weighted by atomic mass is 10.0. The molecule has 0 amide bonds. The van der Waals surface area contributed by atoms with Crippen molar-refractivity contribution in [2.75, 3.05) is 26.2 Å². The summed E-state index contributed by atoms with van der Waals surface area (Å²) in [6, 6.07) is 15.8. The van der Waals surface area contributed by atoms with Crippen molar-refractivity contribution in [3.8, 4) is 11.1 Å². The van der Waals surface area contributed by atoms with Crippen molar-refractivity contribution in [3.63, 3.8) is 0 Å². The number of sulfonamides is 1. The summed E-state index contributed by atoms with van der Waals surface area (Å²) in [5.74, 6) is 0. The SMILES string of the molecule is O=[S+]([O-])(c1cccc(C(F)(F)F)c1)N1CCN(Cc2ccccc2-c2cccnc2)CC1. The minimum Gasteiger partial charge on any atom is -0.593 e. The van der Waals surface area contributed by atoms with Crippen molar-refractivity contribution in [1.29, 1.82) is 0 Å². The Morgan fingerprint density at radius 2 is 1.72 bits per heavy atom. The van der Waals surface area contributed by atoms with Crippen molar-refractivity contribution in [2.24, 2.45) is 0 Å². The maximum atomic E-state index is 13.0. The molecule has 1 aliphatic heterocycles. The smallest absolute Gasteiger partial charge is 0.416 e. The molecule has 0 spiro atoms. The Morgan fingerprint density at radius 3 is 2.41 bits per heavy atom. The van der Waals surface area contributed by atoms with Crippen LogP contribution in [0.15, 0.2) is 78.0 Å². The molecule has 1 saturated heterocycles. The summed E-state index contributed by atoms with van der Waals surface area (Å²) < 4.78 is 66.0. The summed E-state index contributed by atoms with van der Waals surface area (Å²) in [4.78, 5) is 5.99. The average molecular weight is 462 g/mol. The zero-order chi connectivity index (χ0) is 22.8. The summed E-state index contributed by atoms with van der Waals surface area (Å²) in [7, 11) is -3.99. The molecule has 0 N–H and O–H groups in total. The number of benzene rings is 2. The molecule has 2 heterocycles. The molecule has 1 aromatic heterocycles. The van der Waals surface area contributed by atoms with E-state index in [1.54, 1.807) is 12.4 Å². The van der Waals surface area contributed by atoms with Gasteiger partial charge in [-0.3, -0.25) is 9.88 Å². The van der Waals surface area contributed by atoms with Gasteiger partial charge in [0.05, 0.1) is 18.7 Å². The summed E-state index contributed by atoms with van der Waals surface area (Å²) in [5.41, 5.74) is 2.22. The van der Waals surface area contributed by atoms with Gasteiger partial charge < -0.3 is 4.55 Å². The van der Waals surface area contributed by atoms with Crippen LogP contribution in [0.1, 0.15) is 11.1 Å². The van der Waals surface area contributed by atoms with Crippen LogP contribution < -0.4 is 0 Å². The van der Waals surface area contributed by atoms with Crippen molar-refractivity contribution in [1.82, 2.24) is 14.2 Å². The predicted octanol–water partition coefficient (Wildman–Crippen LogP) is 4.49. The Bertz CT molecular complexity index is 1120. The van der Waals surface area contributed by atoms with E-state index in [1.165, 1.54) is 10.4 Å². The van der Waals surface area contributed by atoms with Gasteiger partial charge >= 0.3 is 6.18 Å². The second-order valence-electron chi connectivity index (χ2n) is 7.60. The van der Waals surface area contributed by atoms with Gasteiger partial charge in [-0.1, -0.05) is 40.6 Å². The van der Waals surface area contributed by atoms with E-state index in [0.29, 0.717) is 25.7 Å². The second-order valence-corrected chi connectivity index (χ2v) is 9.54. The Labute approximate surface area is 185 Å². The highest BCUT2D eigenvalue weighted by Crippen LogP contribution is 2.33. The van der Waals surface area contributed by atoms with Crippen LogP contribution in [-0.2, 0) is 27.3 Å². The molecule has 0 radical (unpaired) electrons. The zero-order valence-electron chi connectivity index (χ0n) is 17.2. The van der Waals surface area contributed by atoms with E-state index < -0.39 is 22.1 Å². The van der Waals surface area contributed by atoms with Gasteiger partial charge in [0.1, 0.15) is 0 Å². The maximum absolute atomic E-state index is 13.0. The van der Waals surface area contributed by atoms with Crippen LogP contribution in [0.5, 0.6) is 0 Å². The van der Waals surface area contributed by atoms with E-state index >= 15 is 0 Å². The number of aromatic nitrogens is 1. The lowest BCUT2D eigenvalue weighted by molar-refractivity contribution is -0.137. The molecule has 168 valence electrons. The molecular formula is C23H22F3N3O2S. The molecule has 9 heteroatoms. The molecule has 0 bridgehead atoms. The fraction of sp³-hybridized carbons (Fsp3) is 0.261. The topological polar surface area (TPSA) is 59.5 Å². The summed E-state index contributed by atoms with van der Waals surface area (Å²) in [5, 5.41) is 0. The molecule has 3 aromatic rings. The predicted molar refractivity (Wildman–Crippen MR) is 115 cm³/mol. The fourth-order valence-electron chi connectivity index (χ4n) is 3.81. The first kappa shape index (κ1) is 22.6. The molecule has 1 atom stereocenters. The Hall–Kier alpha value is -2.59. The van der Waals surface area contributed by atoms with Crippen LogP contribution in [0, 0.1) is 0 Å². The van der Waals surface area contributed by atoms with Crippen molar-refractivity contribution in [2.45, 2.75) is 17.6 Å². The third-order valence-electron chi connectivity index (χ3n) is 5.51. The highest BCUT2D eigenvalue weighted by atomic mass is 32.3. The number of piperazine rings is 1. The van der Waals surface area contributed by atoms with Gasteiger partial charge in [-0.2, -0.15) is 13.2 Å². The van der Waals surface area contributed by atoms with E-state index in [4.69, 9.17) is 0 Å². The minimum atomic E-state index is -4.59. The maximum Gasteiger partial charge on any atom is 0.416 e. The quantitative estimate of drug-likeness (QED) is 0.526. The monoisotopic (exact) mass is 461 g/mol. The van der Waals surface area contributed by atoms with Crippen LogP contribution in [-0.4, -0.2) is 44.9 Å². The Kier molecular flexibility index (Phi) is 6.43. The van der Waals surface area contributed by atoms with Crippen LogP contribution >= 0.6 is 0 Å². The normalized spacial score (nSPS) is 17.8. The van der Waals surface area contributed by atoms with E-state index in [-0.39, 0.29) is 18.0 Å². The fourth-order valence-corrected chi connectivity index (χ4v) is 5.28. The first-order chi connectivity index (χ1) is 15.2. The number of hydrogen-bond donors (Lipinski definition) is 0. The highest BCUT2D eigenvalue weighted by Gasteiger charge is 2.37. The minimum absolute atomic E-state index is 0.216. The van der Waals surface area contributed by atoms with E-state index in [1.807, 2.05) is 36.4 Å². The number of halogens is 3. The third-order valence-corrected chi connectivity index (χ3v) is 7.41. The molecule has 4 rings (SSSR count). The van der Waals surface area contributed by atoms with E-state index in [9.17, 15) is 21.9 Å². The highest BCUT2D eigenvalue weighted by molar-refractivity contribution is 7.95. The van der Waals surface area contributed by atoms with Gasteiger partial charge in [-0.25, -0.2) is 0 Å². The largest absolute Gasteiger partial charge is 0.593 e. The molecule has 0 saturated carbocycles. The number of hydrogen-bond acceptors (Lipinski definition) is 4. The third kappa shape index (κ3) is 4.91. The second kappa shape index (κ2) is 9.11.